The second kappa shape index (κ2) is 7.90. The van der Waals surface area contributed by atoms with Crippen LogP contribution in [0.25, 0.3) is 0 Å². The third-order valence-electron chi connectivity index (χ3n) is 2.90. The first-order valence-electron chi connectivity index (χ1n) is 6.96. The van der Waals surface area contributed by atoms with Crippen molar-refractivity contribution in [2.45, 2.75) is 58.4 Å². The van der Waals surface area contributed by atoms with Gasteiger partial charge in [-0.2, -0.15) is 8.42 Å². The minimum absolute atomic E-state index is 0.728. The van der Waals surface area contributed by atoms with E-state index < -0.39 is 58.7 Å². The van der Waals surface area contributed by atoms with Crippen LogP contribution in [-0.4, -0.2) is 63.3 Å². The summed E-state index contributed by atoms with van der Waals surface area (Å²) in [5.74, 6) is -2.27. The van der Waals surface area contributed by atoms with Crippen LogP contribution in [0.2, 0.25) is 0 Å². The molecular weight excluding hydrogens is 348 g/mol. The Bertz CT molecular complexity index is 598. The molecule has 5 unspecified atom stereocenters. The molecule has 24 heavy (non-hydrogen) atoms. The Hall–Kier alpha value is -1.72. The summed E-state index contributed by atoms with van der Waals surface area (Å²) < 4.78 is 48.2. The summed E-state index contributed by atoms with van der Waals surface area (Å²) in [6.07, 6.45) is -5.55. The Kier molecular flexibility index (Phi) is 6.69. The second-order valence-electron chi connectivity index (χ2n) is 5.23. The predicted molar refractivity (Wildman–Crippen MR) is 76.9 cm³/mol. The van der Waals surface area contributed by atoms with E-state index in [1.54, 1.807) is 0 Å². The molecular formula is C13H20O10S. The summed E-state index contributed by atoms with van der Waals surface area (Å²) in [5, 5.41) is 0. The fraction of sp³-hybridized carbons (Fsp3) is 0.769. The number of esters is 3. The zero-order valence-corrected chi connectivity index (χ0v) is 14.7. The van der Waals surface area contributed by atoms with Gasteiger partial charge in [0.15, 0.2) is 6.10 Å². The number of hydrogen-bond acceptors (Lipinski definition) is 10. The van der Waals surface area contributed by atoms with Crippen molar-refractivity contribution in [3.63, 3.8) is 0 Å². The Labute approximate surface area is 139 Å². The first kappa shape index (κ1) is 20.3. The van der Waals surface area contributed by atoms with Crippen LogP contribution in [0.4, 0.5) is 0 Å². The number of carbonyl (C=O) groups is 3. The maximum Gasteiger partial charge on any atom is 0.305 e. The van der Waals surface area contributed by atoms with E-state index in [1.807, 2.05) is 0 Å². The molecule has 1 saturated heterocycles. The largest absolute Gasteiger partial charge is 0.455 e. The first-order valence-corrected chi connectivity index (χ1v) is 8.77. The summed E-state index contributed by atoms with van der Waals surface area (Å²) in [6, 6.07) is 0. The average Bonchev–Trinajstić information content (AvgIpc) is 2.35. The standard InChI is InChI=1S/C13H20O10S/c1-6-10(23-24(5,17)18)11(20-7(2)14)12(21-8(3)15)13(19-6)22-9(4)16/h6,10-13H,1-5H3. The van der Waals surface area contributed by atoms with Gasteiger partial charge in [-0.25, -0.2) is 0 Å². The smallest absolute Gasteiger partial charge is 0.305 e. The molecule has 0 saturated carbocycles. The normalized spacial score (nSPS) is 30.3. The summed E-state index contributed by atoms with van der Waals surface area (Å²) in [5.41, 5.74) is 0. The molecule has 0 amide bonds. The maximum atomic E-state index is 11.5. The van der Waals surface area contributed by atoms with Gasteiger partial charge in [0.2, 0.25) is 12.4 Å². The fourth-order valence-electron chi connectivity index (χ4n) is 2.21. The molecule has 0 bridgehead atoms. The highest BCUT2D eigenvalue weighted by Gasteiger charge is 2.51. The molecule has 1 aliphatic heterocycles. The van der Waals surface area contributed by atoms with E-state index in [0.29, 0.717) is 0 Å². The molecule has 11 heteroatoms. The van der Waals surface area contributed by atoms with Crippen molar-refractivity contribution in [3.8, 4) is 0 Å². The van der Waals surface area contributed by atoms with Crippen LogP contribution in [-0.2, 0) is 47.6 Å². The van der Waals surface area contributed by atoms with Gasteiger partial charge in [0.1, 0.15) is 6.10 Å². The lowest BCUT2D eigenvalue weighted by atomic mass is 9.99. The van der Waals surface area contributed by atoms with Crippen molar-refractivity contribution in [1.29, 1.82) is 0 Å². The van der Waals surface area contributed by atoms with E-state index in [2.05, 4.69) is 0 Å². The molecule has 0 aromatic rings. The molecule has 10 nitrogen and oxygen atoms in total. The molecule has 1 heterocycles. The van der Waals surface area contributed by atoms with Crippen LogP contribution in [0.5, 0.6) is 0 Å². The third kappa shape index (κ3) is 6.06. The highest BCUT2D eigenvalue weighted by Crippen LogP contribution is 2.30. The van der Waals surface area contributed by atoms with Crippen molar-refractivity contribution in [3.05, 3.63) is 0 Å². The monoisotopic (exact) mass is 368 g/mol. The van der Waals surface area contributed by atoms with Gasteiger partial charge in [-0.15, -0.1) is 0 Å². The number of rotatable bonds is 5. The van der Waals surface area contributed by atoms with Gasteiger partial charge in [-0.05, 0) is 6.92 Å². The summed E-state index contributed by atoms with van der Waals surface area (Å²) in [7, 11) is -3.94. The van der Waals surface area contributed by atoms with Gasteiger partial charge < -0.3 is 18.9 Å². The molecule has 0 radical (unpaired) electrons. The minimum Gasteiger partial charge on any atom is -0.455 e. The van der Waals surface area contributed by atoms with E-state index >= 15 is 0 Å². The van der Waals surface area contributed by atoms with Gasteiger partial charge >= 0.3 is 17.9 Å². The molecule has 1 rings (SSSR count). The van der Waals surface area contributed by atoms with Crippen LogP contribution < -0.4 is 0 Å². The number of carbonyl (C=O) groups excluding carboxylic acids is 3. The molecule has 1 aliphatic rings. The van der Waals surface area contributed by atoms with Crippen molar-refractivity contribution >= 4 is 28.0 Å². The Balaban J connectivity index is 3.23. The van der Waals surface area contributed by atoms with E-state index in [-0.39, 0.29) is 0 Å². The molecule has 0 spiro atoms. The highest BCUT2D eigenvalue weighted by atomic mass is 32.2. The van der Waals surface area contributed by atoms with Gasteiger partial charge in [0.25, 0.3) is 10.1 Å². The van der Waals surface area contributed by atoms with Crippen molar-refractivity contribution < 1.29 is 45.9 Å². The van der Waals surface area contributed by atoms with Crippen LogP contribution in [0.1, 0.15) is 27.7 Å². The van der Waals surface area contributed by atoms with E-state index in [4.69, 9.17) is 23.1 Å². The first-order chi connectivity index (χ1) is 10.9. The molecule has 138 valence electrons. The zero-order valence-electron chi connectivity index (χ0n) is 13.9. The lowest BCUT2D eigenvalue weighted by molar-refractivity contribution is -0.286. The van der Waals surface area contributed by atoms with Crippen molar-refractivity contribution in [2.24, 2.45) is 0 Å². The van der Waals surface area contributed by atoms with Crippen LogP contribution in [0.15, 0.2) is 0 Å². The Morgan fingerprint density at radius 3 is 1.71 bits per heavy atom. The SMILES string of the molecule is CC(=O)OC1OC(C)C(OS(C)(=O)=O)C(OC(C)=O)C1OC(C)=O. The quantitative estimate of drug-likeness (QED) is 0.355. The number of hydrogen-bond donors (Lipinski definition) is 0. The van der Waals surface area contributed by atoms with Gasteiger partial charge in [0.05, 0.1) is 12.4 Å². The summed E-state index contributed by atoms with van der Waals surface area (Å²) in [6.45, 7) is 4.72. The Morgan fingerprint density at radius 1 is 0.833 bits per heavy atom. The average molecular weight is 368 g/mol. The van der Waals surface area contributed by atoms with Crippen molar-refractivity contribution in [2.75, 3.05) is 6.26 Å². The van der Waals surface area contributed by atoms with E-state index in [1.165, 1.54) is 6.92 Å². The molecule has 0 aromatic carbocycles. The molecule has 5 atom stereocenters. The summed E-state index contributed by atoms with van der Waals surface area (Å²) in [4.78, 5) is 33.9. The van der Waals surface area contributed by atoms with Crippen LogP contribution >= 0.6 is 0 Å². The predicted octanol–water partition coefficient (Wildman–Crippen LogP) is -0.497. The van der Waals surface area contributed by atoms with Crippen LogP contribution in [0.3, 0.4) is 0 Å². The highest BCUT2D eigenvalue weighted by molar-refractivity contribution is 7.86. The lowest BCUT2D eigenvalue weighted by Crippen LogP contribution is -2.61. The van der Waals surface area contributed by atoms with E-state index in [9.17, 15) is 22.8 Å². The number of ether oxygens (including phenoxy) is 4. The van der Waals surface area contributed by atoms with Gasteiger partial charge in [-0.1, -0.05) is 0 Å². The molecule has 0 aromatic heterocycles. The minimum atomic E-state index is -3.94. The zero-order chi connectivity index (χ0) is 18.7. The third-order valence-corrected chi connectivity index (χ3v) is 3.47. The molecule has 1 fully saturated rings. The van der Waals surface area contributed by atoms with Gasteiger partial charge in [-0.3, -0.25) is 18.6 Å². The Morgan fingerprint density at radius 2 is 1.29 bits per heavy atom. The van der Waals surface area contributed by atoms with Crippen LogP contribution in [0, 0.1) is 0 Å². The molecule has 0 aliphatic carbocycles. The van der Waals surface area contributed by atoms with Crippen molar-refractivity contribution in [1.82, 2.24) is 0 Å². The second-order valence-corrected chi connectivity index (χ2v) is 6.83. The summed E-state index contributed by atoms with van der Waals surface area (Å²) >= 11 is 0. The topological polar surface area (TPSA) is 132 Å². The maximum absolute atomic E-state index is 11.5. The lowest BCUT2D eigenvalue weighted by Gasteiger charge is -2.42. The van der Waals surface area contributed by atoms with E-state index in [0.717, 1.165) is 27.0 Å². The fourth-order valence-corrected chi connectivity index (χ4v) is 2.88. The molecule has 0 N–H and O–H groups in total. The van der Waals surface area contributed by atoms with Gasteiger partial charge in [0, 0.05) is 20.8 Å².